The Hall–Kier alpha value is -4.71. The van der Waals surface area contributed by atoms with E-state index in [2.05, 4.69) is 11.9 Å². The fourth-order valence-corrected chi connectivity index (χ4v) is 8.85. The van der Waals surface area contributed by atoms with E-state index in [1.54, 1.807) is 26.0 Å². The van der Waals surface area contributed by atoms with Gasteiger partial charge in [0, 0.05) is 18.2 Å². The maximum Gasteiger partial charge on any atom is 0.330 e. The number of aliphatic hydroxyl groups excluding tert-OH is 1. The molecule has 59 heavy (non-hydrogen) atoms. The highest BCUT2D eigenvalue weighted by molar-refractivity contribution is 5.77. The first-order valence-electron chi connectivity index (χ1n) is 21.6. The summed E-state index contributed by atoms with van der Waals surface area (Å²) in [5.74, 6) is 1.25. The average Bonchev–Trinajstić information content (AvgIpc) is 3.70. The van der Waals surface area contributed by atoms with Crippen LogP contribution in [0.5, 0.6) is 11.5 Å². The number of fused-ring (bicyclic) bond motifs is 2. The first kappa shape index (κ1) is 43.9. The van der Waals surface area contributed by atoms with Crippen molar-refractivity contribution in [2.24, 2.45) is 0 Å². The van der Waals surface area contributed by atoms with Crippen molar-refractivity contribution in [1.82, 2.24) is 14.5 Å². The molecule has 0 spiro atoms. The summed E-state index contributed by atoms with van der Waals surface area (Å²) >= 11 is 0. The van der Waals surface area contributed by atoms with E-state index >= 15 is 0 Å². The van der Waals surface area contributed by atoms with E-state index in [0.717, 1.165) is 42.4 Å². The van der Waals surface area contributed by atoms with Gasteiger partial charge < -0.3 is 29.0 Å². The van der Waals surface area contributed by atoms with Gasteiger partial charge in [-0.25, -0.2) is 4.79 Å². The first-order valence-corrected chi connectivity index (χ1v) is 21.6. The number of nitrogens with zero attached hydrogens (tertiary/aromatic N) is 2. The number of unbranched alkanes of at least 4 members (excludes halogenated alkanes) is 12. The van der Waals surface area contributed by atoms with Gasteiger partial charge in [0.15, 0.2) is 6.23 Å². The Morgan fingerprint density at radius 3 is 1.81 bits per heavy atom. The number of H-pyrrole nitrogens is 1. The molecule has 0 saturated carbocycles. The van der Waals surface area contributed by atoms with Gasteiger partial charge in [-0.2, -0.15) is 0 Å². The number of carbonyl (C=O) groups is 1. The number of aryl methyl sites for hydroxylation is 1. The molecule has 2 fully saturated rings. The summed E-state index contributed by atoms with van der Waals surface area (Å²) < 4.78 is 26.3. The zero-order valence-corrected chi connectivity index (χ0v) is 35.3. The summed E-state index contributed by atoms with van der Waals surface area (Å²) in [4.78, 5) is 43.9. The molecule has 3 heterocycles. The van der Waals surface area contributed by atoms with Crippen molar-refractivity contribution in [3.8, 4) is 11.5 Å². The van der Waals surface area contributed by atoms with Gasteiger partial charge in [-0.1, -0.05) is 139 Å². The van der Waals surface area contributed by atoms with Gasteiger partial charge in [0.25, 0.3) is 5.56 Å². The predicted octanol–water partition coefficient (Wildman–Crippen LogP) is 8.19. The van der Waals surface area contributed by atoms with Crippen molar-refractivity contribution in [1.29, 1.82) is 0 Å². The van der Waals surface area contributed by atoms with E-state index in [0.29, 0.717) is 23.5 Å². The number of aromatic amines is 1. The molecule has 11 heteroatoms. The zero-order valence-electron chi connectivity index (χ0n) is 35.3. The normalized spacial score (nSPS) is 19.9. The lowest BCUT2D eigenvalue weighted by Crippen LogP contribution is -2.53. The Balaban J connectivity index is 1.24. The van der Waals surface area contributed by atoms with E-state index in [9.17, 15) is 19.5 Å². The molecule has 2 N–H and O–H groups in total. The van der Waals surface area contributed by atoms with Crippen LogP contribution in [-0.2, 0) is 19.9 Å². The van der Waals surface area contributed by atoms with Gasteiger partial charge >= 0.3 is 5.69 Å². The van der Waals surface area contributed by atoms with Gasteiger partial charge in [0.1, 0.15) is 34.8 Å². The minimum absolute atomic E-state index is 0.0692. The standard InChI is InChI=1S/C48H63N3O8/c1-5-6-7-8-9-10-11-12-13-14-15-16-20-23-41(52)51-33-47(43(53)42(51)45(59-47)50-32-35(2)44(54)49-46(50)55)34-58-48(36-21-18-17-19-22-36,37-24-28-39(56-3)29-25-37)38-26-30-40(57-4)31-27-38/h17-19,21-22,24-32,42-43,45,53H,5-16,20,23,33-34H2,1-4H3,(H,49,54,55)/t42-,43+,45-,47-/m1/s1. The molecule has 2 aliphatic rings. The lowest BCUT2D eigenvalue weighted by atomic mass is 9.79. The Labute approximate surface area is 348 Å². The number of aromatic nitrogens is 2. The number of aliphatic hydroxyl groups is 1. The molecule has 2 bridgehead atoms. The Kier molecular flexibility index (Phi) is 15.2. The smallest absolute Gasteiger partial charge is 0.330 e. The third kappa shape index (κ3) is 9.85. The van der Waals surface area contributed by atoms with Crippen LogP contribution >= 0.6 is 0 Å². The number of amides is 1. The topological polar surface area (TPSA) is 132 Å². The van der Waals surface area contributed by atoms with Gasteiger partial charge in [0.2, 0.25) is 5.91 Å². The highest BCUT2D eigenvalue weighted by Crippen LogP contribution is 2.49. The van der Waals surface area contributed by atoms with E-state index < -0.39 is 40.8 Å². The second kappa shape index (κ2) is 20.5. The maximum absolute atomic E-state index is 14.1. The predicted molar refractivity (Wildman–Crippen MR) is 229 cm³/mol. The van der Waals surface area contributed by atoms with Crippen molar-refractivity contribution in [3.05, 3.63) is 128 Å². The molecular formula is C48H63N3O8. The average molecular weight is 810 g/mol. The molecule has 1 aromatic heterocycles. The number of benzene rings is 3. The number of ether oxygens (including phenoxy) is 4. The summed E-state index contributed by atoms with van der Waals surface area (Å²) in [6, 6.07) is 24.3. The number of methoxy groups -OCH3 is 2. The quantitative estimate of drug-likeness (QED) is 0.0567. The molecule has 11 nitrogen and oxygen atoms in total. The summed E-state index contributed by atoms with van der Waals surface area (Å²) in [6.07, 6.45) is 15.1. The number of rotatable bonds is 23. The molecule has 4 atom stereocenters. The van der Waals surface area contributed by atoms with Crippen molar-refractivity contribution in [2.75, 3.05) is 27.4 Å². The third-order valence-corrected chi connectivity index (χ3v) is 12.2. The molecule has 318 valence electrons. The van der Waals surface area contributed by atoms with Crippen LogP contribution in [0.2, 0.25) is 0 Å². The first-order chi connectivity index (χ1) is 28.7. The lowest BCUT2D eigenvalue weighted by Gasteiger charge is -2.41. The third-order valence-electron chi connectivity index (χ3n) is 12.2. The van der Waals surface area contributed by atoms with Crippen molar-refractivity contribution in [2.45, 2.75) is 133 Å². The van der Waals surface area contributed by atoms with Gasteiger partial charge in [0.05, 0.1) is 27.4 Å². The molecule has 2 saturated heterocycles. The monoisotopic (exact) mass is 809 g/mol. The minimum atomic E-state index is -1.41. The van der Waals surface area contributed by atoms with Crippen LogP contribution < -0.4 is 20.7 Å². The maximum atomic E-state index is 14.1. The van der Waals surface area contributed by atoms with Crippen LogP contribution in [0.3, 0.4) is 0 Å². The van der Waals surface area contributed by atoms with E-state index in [-0.39, 0.29) is 19.1 Å². The number of nitrogens with one attached hydrogen (secondary N) is 1. The van der Waals surface area contributed by atoms with Crippen LogP contribution in [0.1, 0.15) is 125 Å². The molecule has 3 aromatic carbocycles. The molecule has 6 rings (SSSR count). The molecule has 0 aliphatic carbocycles. The molecule has 0 radical (unpaired) electrons. The fourth-order valence-electron chi connectivity index (χ4n) is 8.85. The van der Waals surface area contributed by atoms with Crippen LogP contribution in [0.15, 0.2) is 94.6 Å². The summed E-state index contributed by atoms with van der Waals surface area (Å²) in [5.41, 5.74) is -1.09. The molecule has 4 aromatic rings. The lowest BCUT2D eigenvalue weighted by molar-refractivity contribution is -0.183. The van der Waals surface area contributed by atoms with Crippen LogP contribution in [0.4, 0.5) is 0 Å². The number of carbonyl (C=O) groups excluding carboxylic acids is 1. The van der Waals surface area contributed by atoms with Gasteiger partial charge in [-0.3, -0.25) is 19.1 Å². The van der Waals surface area contributed by atoms with Crippen LogP contribution in [0, 0.1) is 6.92 Å². The summed E-state index contributed by atoms with van der Waals surface area (Å²) in [5, 5.41) is 12.3. The molecular weight excluding hydrogens is 747 g/mol. The largest absolute Gasteiger partial charge is 0.497 e. The van der Waals surface area contributed by atoms with Crippen LogP contribution in [0.25, 0.3) is 0 Å². The number of hydrogen-bond acceptors (Lipinski definition) is 8. The van der Waals surface area contributed by atoms with Crippen molar-refractivity contribution >= 4 is 5.91 Å². The molecule has 1 amide bonds. The second-order valence-corrected chi connectivity index (χ2v) is 16.3. The minimum Gasteiger partial charge on any atom is -0.497 e. The summed E-state index contributed by atoms with van der Waals surface area (Å²) in [6.45, 7) is 3.78. The highest BCUT2D eigenvalue weighted by Gasteiger charge is 2.66. The fraction of sp³-hybridized carbons (Fsp3) is 0.521. The second-order valence-electron chi connectivity index (χ2n) is 16.3. The molecule has 2 aliphatic heterocycles. The number of likely N-dealkylation sites (tertiary alicyclic amines) is 1. The van der Waals surface area contributed by atoms with Crippen molar-refractivity contribution < 1.29 is 28.8 Å². The van der Waals surface area contributed by atoms with E-state index in [1.807, 2.05) is 78.9 Å². The SMILES string of the molecule is CCCCCCCCCCCCCCCC(=O)N1C[C@]2(COC(c3ccccc3)(c3ccc(OC)cc3)c3ccc(OC)cc3)O[C@@H](n3cc(C)c(=O)[nH]c3=O)[C@H]1[C@@H]2O. The Morgan fingerprint density at radius 2 is 1.29 bits per heavy atom. The Morgan fingerprint density at radius 1 is 0.780 bits per heavy atom. The van der Waals surface area contributed by atoms with E-state index in [4.69, 9.17) is 18.9 Å². The summed E-state index contributed by atoms with van der Waals surface area (Å²) in [7, 11) is 3.23. The van der Waals surface area contributed by atoms with Crippen LogP contribution in [-0.4, -0.2) is 70.6 Å². The van der Waals surface area contributed by atoms with Crippen molar-refractivity contribution in [3.63, 3.8) is 0 Å². The Bertz CT molecular complexity index is 2000. The zero-order chi connectivity index (χ0) is 41.8. The number of hydrogen-bond donors (Lipinski definition) is 2. The number of morpholine rings is 1. The van der Waals surface area contributed by atoms with Gasteiger partial charge in [-0.05, 0) is 54.3 Å². The van der Waals surface area contributed by atoms with Gasteiger partial charge in [-0.15, -0.1) is 0 Å². The van der Waals surface area contributed by atoms with E-state index in [1.165, 1.54) is 68.6 Å². The molecule has 0 unspecified atom stereocenters. The highest BCUT2D eigenvalue weighted by atomic mass is 16.6.